The lowest BCUT2D eigenvalue weighted by molar-refractivity contribution is -0.286. The lowest BCUT2D eigenvalue weighted by Crippen LogP contribution is -2.25. The van der Waals surface area contributed by atoms with Gasteiger partial charge in [-0.3, -0.25) is 9.89 Å². The number of alkyl halides is 2. The van der Waals surface area contributed by atoms with Crippen LogP contribution in [0.25, 0.3) is 0 Å². The summed E-state index contributed by atoms with van der Waals surface area (Å²) in [5, 5.41) is 9.23. The first-order valence-corrected chi connectivity index (χ1v) is 6.08. The van der Waals surface area contributed by atoms with Crippen LogP contribution < -0.4 is 14.8 Å². The van der Waals surface area contributed by atoms with Crippen molar-refractivity contribution in [2.45, 2.75) is 20.1 Å². The lowest BCUT2D eigenvalue weighted by Gasteiger charge is -2.06. The van der Waals surface area contributed by atoms with E-state index in [9.17, 15) is 13.6 Å². The first-order chi connectivity index (χ1) is 9.85. The van der Waals surface area contributed by atoms with Crippen LogP contribution in [0, 0.1) is 13.8 Å². The van der Waals surface area contributed by atoms with Gasteiger partial charge in [0.2, 0.25) is 0 Å². The highest BCUT2D eigenvalue weighted by Crippen LogP contribution is 2.42. The number of anilines is 1. The molecular weight excluding hydrogens is 284 g/mol. The fourth-order valence-corrected chi connectivity index (χ4v) is 2.11. The molecule has 110 valence electrons. The lowest BCUT2D eigenvalue weighted by atomic mass is 10.2. The molecule has 1 aliphatic rings. The van der Waals surface area contributed by atoms with Crippen molar-refractivity contribution in [2.75, 3.05) is 5.32 Å². The van der Waals surface area contributed by atoms with Crippen LogP contribution in [-0.4, -0.2) is 22.4 Å². The summed E-state index contributed by atoms with van der Waals surface area (Å²) in [6, 6.07) is 4.03. The van der Waals surface area contributed by atoms with Gasteiger partial charge in [-0.1, -0.05) is 0 Å². The third kappa shape index (κ3) is 2.39. The fraction of sp³-hybridized carbons (Fsp3) is 0.231. The van der Waals surface area contributed by atoms with Crippen molar-refractivity contribution in [1.82, 2.24) is 10.2 Å². The quantitative estimate of drug-likeness (QED) is 0.893. The fourth-order valence-electron chi connectivity index (χ4n) is 2.11. The number of nitrogens with zero attached hydrogens (tertiary/aromatic N) is 1. The number of halogens is 2. The molecule has 0 spiro atoms. The van der Waals surface area contributed by atoms with E-state index in [4.69, 9.17) is 0 Å². The second kappa shape index (κ2) is 4.44. The second-order valence-electron chi connectivity index (χ2n) is 4.59. The zero-order valence-electron chi connectivity index (χ0n) is 11.2. The Morgan fingerprint density at radius 2 is 2.00 bits per heavy atom. The first kappa shape index (κ1) is 13.3. The number of nitrogens with one attached hydrogen (secondary N) is 2. The van der Waals surface area contributed by atoms with Crippen molar-refractivity contribution >= 4 is 11.6 Å². The van der Waals surface area contributed by atoms with Gasteiger partial charge in [0.15, 0.2) is 11.5 Å². The monoisotopic (exact) mass is 295 g/mol. The van der Waals surface area contributed by atoms with Gasteiger partial charge in [0.05, 0.1) is 11.3 Å². The van der Waals surface area contributed by atoms with E-state index >= 15 is 0 Å². The molecule has 0 fully saturated rings. The number of H-pyrrole nitrogens is 1. The van der Waals surface area contributed by atoms with Gasteiger partial charge in [0.1, 0.15) is 0 Å². The number of hydrogen-bond donors (Lipinski definition) is 2. The molecule has 3 rings (SSSR count). The Morgan fingerprint density at radius 3 is 2.67 bits per heavy atom. The zero-order valence-corrected chi connectivity index (χ0v) is 11.2. The normalized spacial score (nSPS) is 15.0. The largest absolute Gasteiger partial charge is 0.586 e. The molecule has 1 aromatic heterocycles. The maximum absolute atomic E-state index is 12.9. The van der Waals surface area contributed by atoms with E-state index in [1.165, 1.54) is 18.2 Å². The number of ether oxygens (including phenoxy) is 2. The minimum Gasteiger partial charge on any atom is -0.395 e. The molecule has 0 saturated carbocycles. The molecule has 8 heteroatoms. The Labute approximate surface area is 118 Å². The van der Waals surface area contributed by atoms with Crippen molar-refractivity contribution in [1.29, 1.82) is 0 Å². The molecule has 2 N–H and O–H groups in total. The molecule has 2 aromatic rings. The highest BCUT2D eigenvalue weighted by atomic mass is 19.3. The molecular formula is C13H11F2N3O3. The summed E-state index contributed by atoms with van der Waals surface area (Å²) in [6.45, 7) is 3.41. The van der Waals surface area contributed by atoms with Crippen LogP contribution in [0.4, 0.5) is 14.5 Å². The standard InChI is InChI=1S/C13H11F2N3O3/c1-6-11(7(2)18-17-6)12(19)16-8-3-4-9-10(5-8)21-13(14,15)20-9/h3-5H,1-2H3,(H,16,19)(H,17,18). The Hall–Kier alpha value is -2.64. The average molecular weight is 295 g/mol. The van der Waals surface area contributed by atoms with Crippen LogP contribution in [-0.2, 0) is 0 Å². The molecule has 0 saturated heterocycles. The summed E-state index contributed by atoms with van der Waals surface area (Å²) in [6.07, 6.45) is -3.68. The van der Waals surface area contributed by atoms with Gasteiger partial charge in [-0.05, 0) is 26.0 Å². The smallest absolute Gasteiger partial charge is 0.395 e. The number of hydrogen-bond acceptors (Lipinski definition) is 4. The van der Waals surface area contributed by atoms with Crippen molar-refractivity contribution in [2.24, 2.45) is 0 Å². The van der Waals surface area contributed by atoms with Gasteiger partial charge in [-0.15, -0.1) is 8.78 Å². The summed E-state index contributed by atoms with van der Waals surface area (Å²) in [7, 11) is 0. The minimum absolute atomic E-state index is 0.0753. The zero-order chi connectivity index (χ0) is 15.2. The average Bonchev–Trinajstić information content (AvgIpc) is 2.86. The maximum atomic E-state index is 12.9. The summed E-state index contributed by atoms with van der Waals surface area (Å²) in [5.41, 5.74) is 1.91. The number of fused-ring (bicyclic) bond motifs is 1. The number of aromatic nitrogens is 2. The van der Waals surface area contributed by atoms with Crippen LogP contribution in [0.15, 0.2) is 18.2 Å². The molecule has 0 unspecified atom stereocenters. The number of rotatable bonds is 2. The number of carbonyl (C=O) groups is 1. The summed E-state index contributed by atoms with van der Waals surface area (Å²) in [4.78, 5) is 12.2. The van der Waals surface area contributed by atoms with Gasteiger partial charge in [-0.2, -0.15) is 5.10 Å². The van der Waals surface area contributed by atoms with Crippen LogP contribution in [0.1, 0.15) is 21.7 Å². The van der Waals surface area contributed by atoms with Crippen LogP contribution in [0.3, 0.4) is 0 Å². The highest BCUT2D eigenvalue weighted by molar-refractivity contribution is 6.05. The van der Waals surface area contributed by atoms with Crippen molar-refractivity contribution in [3.63, 3.8) is 0 Å². The third-order valence-corrected chi connectivity index (χ3v) is 3.01. The molecule has 0 atom stereocenters. The second-order valence-corrected chi connectivity index (χ2v) is 4.59. The van der Waals surface area contributed by atoms with Crippen molar-refractivity contribution in [3.8, 4) is 11.5 Å². The Morgan fingerprint density at radius 1 is 1.29 bits per heavy atom. The number of aromatic amines is 1. The molecule has 0 aliphatic carbocycles. The molecule has 0 bridgehead atoms. The highest BCUT2D eigenvalue weighted by Gasteiger charge is 2.43. The SMILES string of the molecule is Cc1n[nH]c(C)c1C(=O)Nc1ccc2c(c1)OC(F)(F)O2. The van der Waals surface area contributed by atoms with E-state index in [-0.39, 0.29) is 17.4 Å². The molecule has 1 aliphatic heterocycles. The topological polar surface area (TPSA) is 76.2 Å². The van der Waals surface area contributed by atoms with Crippen LogP contribution in [0.2, 0.25) is 0 Å². The van der Waals surface area contributed by atoms with Crippen molar-refractivity contribution in [3.05, 3.63) is 35.2 Å². The summed E-state index contributed by atoms with van der Waals surface area (Å²) < 4.78 is 34.4. The van der Waals surface area contributed by atoms with Gasteiger partial charge in [-0.25, -0.2) is 0 Å². The van der Waals surface area contributed by atoms with Gasteiger partial charge < -0.3 is 14.8 Å². The first-order valence-electron chi connectivity index (χ1n) is 6.08. The predicted molar refractivity (Wildman–Crippen MR) is 68.7 cm³/mol. The Balaban J connectivity index is 1.83. The van der Waals surface area contributed by atoms with Crippen LogP contribution in [0.5, 0.6) is 11.5 Å². The van der Waals surface area contributed by atoms with E-state index in [0.717, 1.165) is 0 Å². The predicted octanol–water partition coefficient (Wildman–Crippen LogP) is 2.60. The van der Waals surface area contributed by atoms with Crippen molar-refractivity contribution < 1.29 is 23.0 Å². The summed E-state index contributed by atoms with van der Waals surface area (Å²) >= 11 is 0. The van der Waals surface area contributed by atoms with Gasteiger partial charge >= 0.3 is 6.29 Å². The van der Waals surface area contributed by atoms with Crippen LogP contribution >= 0.6 is 0 Å². The van der Waals surface area contributed by atoms with E-state index in [1.807, 2.05) is 0 Å². The van der Waals surface area contributed by atoms with E-state index < -0.39 is 6.29 Å². The van der Waals surface area contributed by atoms with Gasteiger partial charge in [0.25, 0.3) is 5.91 Å². The third-order valence-electron chi connectivity index (χ3n) is 3.01. The number of benzene rings is 1. The molecule has 2 heterocycles. The Kier molecular flexibility index (Phi) is 2.82. The number of aryl methyl sites for hydroxylation is 2. The molecule has 0 radical (unpaired) electrons. The Bertz CT molecular complexity index is 708. The van der Waals surface area contributed by atoms with Gasteiger partial charge in [0, 0.05) is 17.4 Å². The van der Waals surface area contributed by atoms with E-state index in [1.54, 1.807) is 13.8 Å². The number of carbonyl (C=O) groups excluding carboxylic acids is 1. The molecule has 6 nitrogen and oxygen atoms in total. The molecule has 1 aromatic carbocycles. The van der Waals surface area contributed by atoms with E-state index in [2.05, 4.69) is 25.0 Å². The maximum Gasteiger partial charge on any atom is 0.586 e. The summed E-state index contributed by atoms with van der Waals surface area (Å²) in [5.74, 6) is -0.587. The molecule has 21 heavy (non-hydrogen) atoms. The number of amides is 1. The van der Waals surface area contributed by atoms with E-state index in [0.29, 0.717) is 22.6 Å². The molecule has 1 amide bonds. The minimum atomic E-state index is -3.68.